The van der Waals surface area contributed by atoms with Crippen molar-refractivity contribution in [1.29, 1.82) is 0 Å². The quantitative estimate of drug-likeness (QED) is 0.495. The number of aliphatic hydroxyl groups is 1. The van der Waals surface area contributed by atoms with E-state index in [4.69, 9.17) is 5.84 Å². The van der Waals surface area contributed by atoms with Crippen molar-refractivity contribution >= 4 is 11.8 Å². The molecule has 0 aliphatic carbocycles. The van der Waals surface area contributed by atoms with Gasteiger partial charge in [0.1, 0.15) is 5.82 Å². The lowest BCUT2D eigenvalue weighted by atomic mass is 10.1. The van der Waals surface area contributed by atoms with Gasteiger partial charge in [-0.25, -0.2) is 10.8 Å². The first kappa shape index (κ1) is 12.7. The molecule has 0 unspecified atom stereocenters. The molecule has 0 bridgehead atoms. The second-order valence-electron chi connectivity index (χ2n) is 4.21. The summed E-state index contributed by atoms with van der Waals surface area (Å²) in [5.41, 5.74) is 1.63. The van der Waals surface area contributed by atoms with Gasteiger partial charge in [0.25, 0.3) is 0 Å². The number of rotatable bonds is 5. The summed E-state index contributed by atoms with van der Waals surface area (Å²) in [4.78, 5) is 10.1. The minimum atomic E-state index is -0.767. The number of nitrogen functional groups attached to an aromatic ring is 1. The summed E-state index contributed by atoms with van der Waals surface area (Å²) in [5.74, 6) is 6.36. The second-order valence-corrected chi connectivity index (χ2v) is 4.21. The Balaban J connectivity index is 2.86. The van der Waals surface area contributed by atoms with E-state index < -0.39 is 5.60 Å². The van der Waals surface area contributed by atoms with Gasteiger partial charge in [0.2, 0.25) is 5.95 Å². The van der Waals surface area contributed by atoms with Gasteiger partial charge in [0.05, 0.1) is 5.60 Å². The maximum atomic E-state index is 9.78. The van der Waals surface area contributed by atoms with Crippen LogP contribution in [0.25, 0.3) is 0 Å². The van der Waals surface area contributed by atoms with Crippen LogP contribution in [0.3, 0.4) is 0 Å². The van der Waals surface area contributed by atoms with Crippen LogP contribution in [-0.4, -0.2) is 33.8 Å². The Bertz CT molecular complexity index is 336. The lowest BCUT2D eigenvalue weighted by Gasteiger charge is -2.28. The number of aromatic nitrogens is 2. The van der Waals surface area contributed by atoms with Crippen LogP contribution in [0.5, 0.6) is 0 Å². The molecule has 1 aromatic heterocycles. The molecule has 1 rings (SSSR count). The molecular weight excluding hydrogens is 206 g/mol. The Morgan fingerprint density at radius 1 is 1.56 bits per heavy atom. The SMILES string of the molecule is CCN(CC(C)(C)O)c1ccnc(NN)n1. The van der Waals surface area contributed by atoms with Gasteiger partial charge in [-0.1, -0.05) is 0 Å². The molecule has 1 heterocycles. The largest absolute Gasteiger partial charge is 0.389 e. The molecule has 0 amide bonds. The number of hydrogen-bond donors (Lipinski definition) is 3. The van der Waals surface area contributed by atoms with Crippen molar-refractivity contribution in [1.82, 2.24) is 9.97 Å². The first-order valence-corrected chi connectivity index (χ1v) is 5.23. The van der Waals surface area contributed by atoms with Gasteiger partial charge >= 0.3 is 0 Å². The van der Waals surface area contributed by atoms with E-state index in [2.05, 4.69) is 15.4 Å². The average molecular weight is 225 g/mol. The van der Waals surface area contributed by atoms with Gasteiger partial charge in [0.15, 0.2) is 0 Å². The van der Waals surface area contributed by atoms with Crippen LogP contribution in [0.15, 0.2) is 12.3 Å². The lowest BCUT2D eigenvalue weighted by molar-refractivity contribution is 0.0874. The molecule has 0 saturated carbocycles. The van der Waals surface area contributed by atoms with Gasteiger partial charge < -0.3 is 10.0 Å². The van der Waals surface area contributed by atoms with E-state index in [0.717, 1.165) is 12.4 Å². The van der Waals surface area contributed by atoms with Gasteiger partial charge in [-0.05, 0) is 26.8 Å². The zero-order chi connectivity index (χ0) is 12.2. The maximum Gasteiger partial charge on any atom is 0.239 e. The number of hydrazine groups is 1. The fourth-order valence-corrected chi connectivity index (χ4v) is 1.42. The van der Waals surface area contributed by atoms with Gasteiger partial charge in [-0.2, -0.15) is 4.98 Å². The van der Waals surface area contributed by atoms with Crippen LogP contribution in [-0.2, 0) is 0 Å². The highest BCUT2D eigenvalue weighted by molar-refractivity contribution is 5.42. The normalized spacial score (nSPS) is 11.3. The number of nitrogens with zero attached hydrogens (tertiary/aromatic N) is 3. The molecule has 0 radical (unpaired) electrons. The van der Waals surface area contributed by atoms with Gasteiger partial charge in [0, 0.05) is 19.3 Å². The molecule has 0 saturated heterocycles. The molecule has 0 aromatic carbocycles. The third-order valence-corrected chi connectivity index (χ3v) is 2.05. The van der Waals surface area contributed by atoms with Crippen molar-refractivity contribution in [2.24, 2.45) is 5.84 Å². The van der Waals surface area contributed by atoms with Crippen LogP contribution in [0, 0.1) is 0 Å². The average Bonchev–Trinajstić information content (AvgIpc) is 2.25. The summed E-state index contributed by atoms with van der Waals surface area (Å²) in [5, 5.41) is 9.78. The van der Waals surface area contributed by atoms with E-state index in [1.54, 1.807) is 26.1 Å². The molecule has 1 aromatic rings. The van der Waals surface area contributed by atoms with Crippen molar-refractivity contribution in [2.45, 2.75) is 26.4 Å². The number of nitrogens with two attached hydrogens (primary N) is 1. The molecule has 6 nitrogen and oxygen atoms in total. The zero-order valence-corrected chi connectivity index (χ0v) is 9.94. The predicted octanol–water partition coefficient (Wildman–Crippen LogP) is 0.359. The molecule has 0 aliphatic heterocycles. The Morgan fingerprint density at radius 3 is 2.75 bits per heavy atom. The fourth-order valence-electron chi connectivity index (χ4n) is 1.42. The van der Waals surface area contributed by atoms with E-state index in [1.807, 2.05) is 11.8 Å². The standard InChI is InChI=1S/C10H19N5O/c1-4-15(7-10(2,3)16)8-5-6-12-9(13-8)14-11/h5-6,16H,4,7,11H2,1-3H3,(H,12,13,14). The van der Waals surface area contributed by atoms with Crippen LogP contribution in [0.4, 0.5) is 11.8 Å². The van der Waals surface area contributed by atoms with Crippen molar-refractivity contribution in [3.05, 3.63) is 12.3 Å². The molecule has 6 heteroatoms. The summed E-state index contributed by atoms with van der Waals surface area (Å²) in [6.07, 6.45) is 1.63. The summed E-state index contributed by atoms with van der Waals surface area (Å²) >= 11 is 0. The Hall–Kier alpha value is -1.40. The summed E-state index contributed by atoms with van der Waals surface area (Å²) in [7, 11) is 0. The van der Waals surface area contributed by atoms with Crippen LogP contribution in [0.1, 0.15) is 20.8 Å². The number of likely N-dealkylation sites (N-methyl/N-ethyl adjacent to an activating group) is 1. The number of nitrogens with one attached hydrogen (secondary N) is 1. The van der Waals surface area contributed by atoms with Crippen LogP contribution >= 0.6 is 0 Å². The lowest BCUT2D eigenvalue weighted by Crippen LogP contribution is -2.39. The van der Waals surface area contributed by atoms with Crippen molar-refractivity contribution in [3.8, 4) is 0 Å². The molecular formula is C10H19N5O. The molecule has 0 spiro atoms. The van der Waals surface area contributed by atoms with E-state index >= 15 is 0 Å². The highest BCUT2D eigenvalue weighted by atomic mass is 16.3. The molecule has 16 heavy (non-hydrogen) atoms. The Labute approximate surface area is 95.5 Å². The predicted molar refractivity (Wildman–Crippen MR) is 64.0 cm³/mol. The monoisotopic (exact) mass is 225 g/mol. The summed E-state index contributed by atoms with van der Waals surface area (Å²) < 4.78 is 0. The van der Waals surface area contributed by atoms with Crippen LogP contribution in [0.2, 0.25) is 0 Å². The van der Waals surface area contributed by atoms with E-state index in [9.17, 15) is 5.11 Å². The summed E-state index contributed by atoms with van der Waals surface area (Å²) in [6, 6.07) is 1.79. The van der Waals surface area contributed by atoms with Crippen LogP contribution < -0.4 is 16.2 Å². The first-order valence-electron chi connectivity index (χ1n) is 5.23. The number of hydrogen-bond acceptors (Lipinski definition) is 6. The molecule has 90 valence electrons. The first-order chi connectivity index (χ1) is 7.46. The molecule has 0 aliphatic rings. The van der Waals surface area contributed by atoms with Crippen molar-refractivity contribution in [3.63, 3.8) is 0 Å². The van der Waals surface area contributed by atoms with E-state index in [0.29, 0.717) is 12.5 Å². The smallest absolute Gasteiger partial charge is 0.239 e. The molecule has 0 atom stereocenters. The maximum absolute atomic E-state index is 9.78. The molecule has 0 fully saturated rings. The van der Waals surface area contributed by atoms with Crippen molar-refractivity contribution < 1.29 is 5.11 Å². The number of anilines is 2. The minimum Gasteiger partial charge on any atom is -0.389 e. The fraction of sp³-hybridized carbons (Fsp3) is 0.600. The highest BCUT2D eigenvalue weighted by Crippen LogP contribution is 2.14. The topological polar surface area (TPSA) is 87.3 Å². The van der Waals surface area contributed by atoms with E-state index in [-0.39, 0.29) is 0 Å². The third kappa shape index (κ3) is 3.63. The second kappa shape index (κ2) is 5.09. The molecule has 4 N–H and O–H groups in total. The summed E-state index contributed by atoms with van der Waals surface area (Å²) in [6.45, 7) is 6.79. The third-order valence-electron chi connectivity index (χ3n) is 2.05. The van der Waals surface area contributed by atoms with Gasteiger partial charge in [-0.15, -0.1) is 0 Å². The Morgan fingerprint density at radius 2 is 2.25 bits per heavy atom. The van der Waals surface area contributed by atoms with Crippen molar-refractivity contribution in [2.75, 3.05) is 23.4 Å². The Kier molecular flexibility index (Phi) is 4.03. The minimum absolute atomic E-state index is 0.367. The zero-order valence-electron chi connectivity index (χ0n) is 9.94. The van der Waals surface area contributed by atoms with Gasteiger partial charge in [-0.3, -0.25) is 5.43 Å². The van der Waals surface area contributed by atoms with E-state index in [1.165, 1.54) is 0 Å². The highest BCUT2D eigenvalue weighted by Gasteiger charge is 2.18.